The summed E-state index contributed by atoms with van der Waals surface area (Å²) < 4.78 is 4.19. The Balaban J connectivity index is 3.85. The van der Waals surface area contributed by atoms with Crippen LogP contribution >= 0.6 is 0 Å². The van der Waals surface area contributed by atoms with Crippen LogP contribution in [-0.2, 0) is 14.3 Å². The molecule has 100 valence electrons. The van der Waals surface area contributed by atoms with Crippen LogP contribution in [0.2, 0.25) is 0 Å². The predicted octanol–water partition coefficient (Wildman–Crippen LogP) is -3.45. The Bertz CT molecular complexity index is 249. The lowest BCUT2D eigenvalue weighted by atomic mass is 10.2. The fraction of sp³-hybridized carbons (Fsp3) is 0.778. The van der Waals surface area contributed by atoms with Gasteiger partial charge in [0.25, 0.3) is 5.91 Å². The zero-order chi connectivity index (χ0) is 13.3. The SMILES string of the molecule is COC(=O)[C@H](O)[C@@H](O)C(=O)NCCNCCN. The fourth-order valence-corrected chi connectivity index (χ4v) is 0.999. The number of hydrogen-bond acceptors (Lipinski definition) is 7. The molecule has 17 heavy (non-hydrogen) atoms. The standard InChI is InChI=1S/C9H19N3O5/c1-17-9(16)7(14)6(13)8(15)12-5-4-11-3-2-10/h6-7,11,13-14H,2-5,10H2,1H3,(H,12,15)/t6-,7-/m1/s1. The van der Waals surface area contributed by atoms with Gasteiger partial charge in [0, 0.05) is 26.2 Å². The number of aliphatic hydroxyl groups is 2. The van der Waals surface area contributed by atoms with Gasteiger partial charge in [-0.2, -0.15) is 0 Å². The van der Waals surface area contributed by atoms with Gasteiger partial charge < -0.3 is 31.3 Å². The molecule has 0 aliphatic carbocycles. The molecule has 0 aliphatic rings. The second-order valence-corrected chi connectivity index (χ2v) is 3.24. The Morgan fingerprint density at radius 2 is 1.88 bits per heavy atom. The van der Waals surface area contributed by atoms with Gasteiger partial charge in [0.05, 0.1) is 7.11 Å². The van der Waals surface area contributed by atoms with Gasteiger partial charge in [-0.1, -0.05) is 0 Å². The van der Waals surface area contributed by atoms with Crippen molar-refractivity contribution in [2.45, 2.75) is 12.2 Å². The lowest BCUT2D eigenvalue weighted by molar-refractivity contribution is -0.161. The number of rotatable bonds is 8. The van der Waals surface area contributed by atoms with E-state index in [1.165, 1.54) is 0 Å². The molecule has 0 unspecified atom stereocenters. The van der Waals surface area contributed by atoms with Crippen LogP contribution in [0, 0.1) is 0 Å². The second-order valence-electron chi connectivity index (χ2n) is 3.24. The Hall–Kier alpha value is -1.22. The highest BCUT2D eigenvalue weighted by Gasteiger charge is 2.30. The molecule has 0 saturated heterocycles. The molecule has 0 heterocycles. The maximum Gasteiger partial charge on any atom is 0.338 e. The lowest BCUT2D eigenvalue weighted by Crippen LogP contribution is -2.47. The van der Waals surface area contributed by atoms with Crippen molar-refractivity contribution in [3.8, 4) is 0 Å². The first-order valence-corrected chi connectivity index (χ1v) is 5.17. The van der Waals surface area contributed by atoms with Gasteiger partial charge in [-0.05, 0) is 0 Å². The Morgan fingerprint density at radius 1 is 1.24 bits per heavy atom. The number of methoxy groups -OCH3 is 1. The number of ether oxygens (including phenoxy) is 1. The molecular formula is C9H19N3O5. The number of esters is 1. The smallest absolute Gasteiger partial charge is 0.338 e. The molecule has 0 aromatic carbocycles. The van der Waals surface area contributed by atoms with Gasteiger partial charge >= 0.3 is 5.97 Å². The van der Waals surface area contributed by atoms with Crippen molar-refractivity contribution < 1.29 is 24.5 Å². The number of amides is 1. The van der Waals surface area contributed by atoms with E-state index >= 15 is 0 Å². The van der Waals surface area contributed by atoms with Crippen LogP contribution in [-0.4, -0.2) is 67.6 Å². The van der Waals surface area contributed by atoms with Gasteiger partial charge in [0.2, 0.25) is 0 Å². The number of nitrogens with one attached hydrogen (secondary N) is 2. The highest BCUT2D eigenvalue weighted by atomic mass is 16.5. The summed E-state index contributed by atoms with van der Waals surface area (Å²) in [7, 11) is 1.05. The quantitative estimate of drug-likeness (QED) is 0.223. The Labute approximate surface area is 99.1 Å². The van der Waals surface area contributed by atoms with Crippen LogP contribution in [0.5, 0.6) is 0 Å². The maximum absolute atomic E-state index is 11.3. The van der Waals surface area contributed by atoms with Gasteiger partial charge in [0.15, 0.2) is 12.2 Å². The molecule has 0 aliphatic heterocycles. The molecule has 0 aromatic rings. The minimum absolute atomic E-state index is 0.254. The van der Waals surface area contributed by atoms with Crippen molar-refractivity contribution in [2.75, 3.05) is 33.3 Å². The van der Waals surface area contributed by atoms with E-state index in [0.29, 0.717) is 19.6 Å². The zero-order valence-electron chi connectivity index (χ0n) is 9.68. The Kier molecular flexibility index (Phi) is 8.24. The van der Waals surface area contributed by atoms with Gasteiger partial charge in [-0.25, -0.2) is 4.79 Å². The van der Waals surface area contributed by atoms with E-state index in [2.05, 4.69) is 15.4 Å². The molecule has 0 fully saturated rings. The predicted molar refractivity (Wildman–Crippen MR) is 59.0 cm³/mol. The molecule has 6 N–H and O–H groups in total. The highest BCUT2D eigenvalue weighted by Crippen LogP contribution is 1.96. The van der Waals surface area contributed by atoms with E-state index < -0.39 is 24.1 Å². The summed E-state index contributed by atoms with van der Waals surface area (Å²) in [4.78, 5) is 22.1. The van der Waals surface area contributed by atoms with Crippen molar-refractivity contribution in [1.82, 2.24) is 10.6 Å². The van der Waals surface area contributed by atoms with Crippen molar-refractivity contribution in [2.24, 2.45) is 5.73 Å². The third-order valence-electron chi connectivity index (χ3n) is 1.93. The highest BCUT2D eigenvalue weighted by molar-refractivity contribution is 5.88. The number of aliphatic hydroxyl groups excluding tert-OH is 2. The summed E-state index contributed by atoms with van der Waals surface area (Å²) in [5.74, 6) is -1.90. The van der Waals surface area contributed by atoms with Gasteiger partial charge in [-0.3, -0.25) is 4.79 Å². The molecule has 0 rings (SSSR count). The van der Waals surface area contributed by atoms with Crippen molar-refractivity contribution in [3.05, 3.63) is 0 Å². The third-order valence-corrected chi connectivity index (χ3v) is 1.93. The monoisotopic (exact) mass is 249 g/mol. The molecule has 0 spiro atoms. The number of carbonyl (C=O) groups excluding carboxylic acids is 2. The molecule has 0 bridgehead atoms. The summed E-state index contributed by atoms with van der Waals surface area (Å²) in [6.07, 6.45) is -3.71. The van der Waals surface area contributed by atoms with Crippen molar-refractivity contribution >= 4 is 11.9 Å². The minimum atomic E-state index is -1.88. The minimum Gasteiger partial charge on any atom is -0.467 e. The van der Waals surface area contributed by atoms with E-state index in [1.54, 1.807) is 0 Å². The van der Waals surface area contributed by atoms with Crippen molar-refractivity contribution in [1.29, 1.82) is 0 Å². The summed E-state index contributed by atoms with van der Waals surface area (Å²) in [6.45, 7) is 1.83. The van der Waals surface area contributed by atoms with Crippen LogP contribution in [0.1, 0.15) is 0 Å². The normalized spacial score (nSPS) is 13.9. The van der Waals surface area contributed by atoms with Crippen molar-refractivity contribution in [3.63, 3.8) is 0 Å². The van der Waals surface area contributed by atoms with E-state index in [0.717, 1.165) is 7.11 Å². The van der Waals surface area contributed by atoms with Crippen LogP contribution in [0.25, 0.3) is 0 Å². The van der Waals surface area contributed by atoms with Crippen LogP contribution < -0.4 is 16.4 Å². The average Bonchev–Trinajstić information content (AvgIpc) is 2.35. The van der Waals surface area contributed by atoms with Crippen LogP contribution in [0.3, 0.4) is 0 Å². The third kappa shape index (κ3) is 6.17. The first-order chi connectivity index (χ1) is 8.04. The lowest BCUT2D eigenvalue weighted by Gasteiger charge is -2.15. The first-order valence-electron chi connectivity index (χ1n) is 5.17. The summed E-state index contributed by atoms with van der Waals surface area (Å²) in [6, 6.07) is 0. The summed E-state index contributed by atoms with van der Waals surface area (Å²) in [5, 5.41) is 23.7. The zero-order valence-corrected chi connectivity index (χ0v) is 9.68. The maximum atomic E-state index is 11.3. The molecule has 1 amide bonds. The van der Waals surface area contributed by atoms with Gasteiger partial charge in [0.1, 0.15) is 0 Å². The molecule has 8 heteroatoms. The van der Waals surface area contributed by atoms with Gasteiger partial charge in [-0.15, -0.1) is 0 Å². The molecule has 8 nitrogen and oxygen atoms in total. The second kappa shape index (κ2) is 8.88. The van der Waals surface area contributed by atoms with E-state index in [4.69, 9.17) is 5.73 Å². The van der Waals surface area contributed by atoms with E-state index in [1.807, 2.05) is 0 Å². The van der Waals surface area contributed by atoms with E-state index in [-0.39, 0.29) is 6.54 Å². The van der Waals surface area contributed by atoms with E-state index in [9.17, 15) is 19.8 Å². The summed E-state index contributed by atoms with van der Waals surface area (Å²) >= 11 is 0. The molecular weight excluding hydrogens is 230 g/mol. The number of hydrogen-bond donors (Lipinski definition) is 5. The van der Waals surface area contributed by atoms with Crippen LogP contribution in [0.4, 0.5) is 0 Å². The number of carbonyl (C=O) groups is 2. The Morgan fingerprint density at radius 3 is 2.41 bits per heavy atom. The average molecular weight is 249 g/mol. The fourth-order valence-electron chi connectivity index (χ4n) is 0.999. The van der Waals surface area contributed by atoms with Crippen LogP contribution in [0.15, 0.2) is 0 Å². The summed E-state index contributed by atoms with van der Waals surface area (Å²) in [5.41, 5.74) is 5.23. The molecule has 0 aromatic heterocycles. The first kappa shape index (κ1) is 15.8. The molecule has 2 atom stereocenters. The molecule has 0 radical (unpaired) electrons. The number of nitrogens with two attached hydrogens (primary N) is 1. The largest absolute Gasteiger partial charge is 0.467 e. The molecule has 0 saturated carbocycles. The topological polar surface area (TPSA) is 134 Å².